The van der Waals surface area contributed by atoms with Crippen molar-refractivity contribution in [1.29, 1.82) is 0 Å². The summed E-state index contributed by atoms with van der Waals surface area (Å²) >= 11 is 5.97. The Bertz CT molecular complexity index is 331. The molecule has 3 heteroatoms. The predicted octanol–water partition coefficient (Wildman–Crippen LogP) is 3.31. The average Bonchev–Trinajstić information content (AvgIpc) is 2.87. The van der Waals surface area contributed by atoms with Crippen LogP contribution in [0.15, 0.2) is 30.3 Å². The highest BCUT2D eigenvalue weighted by molar-refractivity contribution is 6.18. The zero-order valence-electron chi connectivity index (χ0n) is 10.8. The van der Waals surface area contributed by atoms with E-state index in [0.29, 0.717) is 5.92 Å². The Kier molecular flexibility index (Phi) is 5.82. The molecule has 1 aliphatic carbocycles. The van der Waals surface area contributed by atoms with Crippen LogP contribution in [0.25, 0.3) is 0 Å². The van der Waals surface area contributed by atoms with Crippen LogP contribution in [-0.4, -0.2) is 25.6 Å². The van der Waals surface area contributed by atoms with Gasteiger partial charge in [-0.3, -0.25) is 0 Å². The third kappa shape index (κ3) is 4.18. The molecular weight excluding hydrogens is 246 g/mol. The highest BCUT2D eigenvalue weighted by Crippen LogP contribution is 2.31. The molecule has 0 aromatic heterocycles. The van der Waals surface area contributed by atoms with Gasteiger partial charge in [-0.05, 0) is 43.4 Å². The van der Waals surface area contributed by atoms with Gasteiger partial charge in [0.1, 0.15) is 12.4 Å². The van der Waals surface area contributed by atoms with Gasteiger partial charge in [-0.2, -0.15) is 0 Å². The van der Waals surface area contributed by atoms with E-state index in [4.69, 9.17) is 16.3 Å². The van der Waals surface area contributed by atoms with Crippen molar-refractivity contribution >= 4 is 11.6 Å². The summed E-state index contributed by atoms with van der Waals surface area (Å²) < 4.78 is 5.64. The van der Waals surface area contributed by atoms with Crippen LogP contribution >= 0.6 is 11.6 Å². The van der Waals surface area contributed by atoms with Crippen molar-refractivity contribution in [2.75, 3.05) is 25.6 Å². The summed E-state index contributed by atoms with van der Waals surface area (Å²) in [5.41, 5.74) is 0. The zero-order chi connectivity index (χ0) is 12.6. The molecule has 0 bridgehead atoms. The van der Waals surface area contributed by atoms with Gasteiger partial charge >= 0.3 is 0 Å². The highest BCUT2D eigenvalue weighted by Gasteiger charge is 2.25. The molecule has 2 rings (SSSR count). The second-order valence-electron chi connectivity index (χ2n) is 4.97. The van der Waals surface area contributed by atoms with Crippen molar-refractivity contribution in [2.24, 2.45) is 11.8 Å². The number of hydrogen-bond acceptors (Lipinski definition) is 2. The van der Waals surface area contributed by atoms with Crippen LogP contribution in [0, 0.1) is 11.8 Å². The topological polar surface area (TPSA) is 21.3 Å². The number of halogens is 1. The predicted molar refractivity (Wildman–Crippen MR) is 76.4 cm³/mol. The van der Waals surface area contributed by atoms with Crippen LogP contribution < -0.4 is 10.1 Å². The molecule has 2 atom stereocenters. The Morgan fingerprint density at radius 2 is 1.94 bits per heavy atom. The van der Waals surface area contributed by atoms with Gasteiger partial charge in [0.05, 0.1) is 0 Å². The Hall–Kier alpha value is -0.730. The van der Waals surface area contributed by atoms with Gasteiger partial charge in [0, 0.05) is 12.4 Å². The summed E-state index contributed by atoms with van der Waals surface area (Å²) in [6, 6.07) is 9.96. The second-order valence-corrected chi connectivity index (χ2v) is 5.28. The number of alkyl halides is 1. The molecule has 0 amide bonds. The minimum Gasteiger partial charge on any atom is -0.492 e. The van der Waals surface area contributed by atoms with Crippen LogP contribution in [0.5, 0.6) is 5.75 Å². The van der Waals surface area contributed by atoms with Crippen molar-refractivity contribution in [1.82, 2.24) is 5.32 Å². The molecule has 1 aromatic carbocycles. The molecule has 1 aliphatic rings. The molecule has 0 radical (unpaired) electrons. The van der Waals surface area contributed by atoms with Crippen molar-refractivity contribution in [2.45, 2.75) is 19.3 Å². The van der Waals surface area contributed by atoms with Gasteiger partial charge in [-0.1, -0.05) is 24.6 Å². The molecule has 1 aromatic rings. The smallest absolute Gasteiger partial charge is 0.119 e. The lowest BCUT2D eigenvalue weighted by molar-refractivity contribution is 0.302. The van der Waals surface area contributed by atoms with Crippen LogP contribution in [0.2, 0.25) is 0 Å². The van der Waals surface area contributed by atoms with Crippen LogP contribution in [0.1, 0.15) is 19.3 Å². The van der Waals surface area contributed by atoms with Crippen LogP contribution in [0.4, 0.5) is 0 Å². The number of benzene rings is 1. The maximum Gasteiger partial charge on any atom is 0.119 e. The zero-order valence-corrected chi connectivity index (χ0v) is 11.5. The largest absolute Gasteiger partial charge is 0.492 e. The number of para-hydroxylation sites is 1. The summed E-state index contributed by atoms with van der Waals surface area (Å²) in [5, 5.41) is 3.48. The van der Waals surface area contributed by atoms with Gasteiger partial charge in [-0.25, -0.2) is 0 Å². The van der Waals surface area contributed by atoms with Crippen molar-refractivity contribution in [3.8, 4) is 5.75 Å². The SMILES string of the molecule is ClCC1CCCC1CNCCOc1ccccc1. The lowest BCUT2D eigenvalue weighted by atomic mass is 9.98. The standard InChI is InChI=1S/C15H22ClNO/c16-11-13-5-4-6-14(13)12-17-9-10-18-15-7-2-1-3-8-15/h1-3,7-8,13-14,17H,4-6,9-12H2. The Balaban J connectivity index is 1.56. The lowest BCUT2D eigenvalue weighted by Gasteiger charge is -2.17. The number of hydrogen-bond donors (Lipinski definition) is 1. The van der Waals surface area contributed by atoms with E-state index in [0.717, 1.165) is 37.2 Å². The van der Waals surface area contributed by atoms with E-state index < -0.39 is 0 Å². The first kappa shape index (κ1) is 13.7. The molecular formula is C15H22ClNO. The maximum atomic E-state index is 5.97. The van der Waals surface area contributed by atoms with Crippen LogP contribution in [0.3, 0.4) is 0 Å². The molecule has 0 heterocycles. The minimum atomic E-state index is 0.717. The highest BCUT2D eigenvalue weighted by atomic mass is 35.5. The fourth-order valence-corrected chi connectivity index (χ4v) is 3.04. The Morgan fingerprint density at radius 1 is 1.17 bits per heavy atom. The molecule has 0 spiro atoms. The van der Waals surface area contributed by atoms with Gasteiger partial charge in [0.15, 0.2) is 0 Å². The molecule has 0 saturated heterocycles. The van der Waals surface area contributed by atoms with Crippen molar-refractivity contribution in [3.05, 3.63) is 30.3 Å². The van der Waals surface area contributed by atoms with Crippen molar-refractivity contribution in [3.63, 3.8) is 0 Å². The van der Waals surface area contributed by atoms with E-state index in [1.54, 1.807) is 0 Å². The Labute approximate surface area is 115 Å². The van der Waals surface area contributed by atoms with E-state index >= 15 is 0 Å². The van der Waals surface area contributed by atoms with Gasteiger partial charge in [0.25, 0.3) is 0 Å². The minimum absolute atomic E-state index is 0.717. The maximum absolute atomic E-state index is 5.97. The van der Waals surface area contributed by atoms with E-state index in [2.05, 4.69) is 5.32 Å². The molecule has 1 fully saturated rings. The van der Waals surface area contributed by atoms with Gasteiger partial charge in [-0.15, -0.1) is 11.6 Å². The first-order chi connectivity index (χ1) is 8.90. The number of ether oxygens (including phenoxy) is 1. The molecule has 2 nitrogen and oxygen atoms in total. The molecule has 18 heavy (non-hydrogen) atoms. The molecule has 100 valence electrons. The third-order valence-electron chi connectivity index (χ3n) is 3.71. The van der Waals surface area contributed by atoms with E-state index in [1.165, 1.54) is 19.3 Å². The summed E-state index contributed by atoms with van der Waals surface area (Å²) in [7, 11) is 0. The molecule has 2 unspecified atom stereocenters. The third-order valence-corrected chi connectivity index (χ3v) is 4.11. The average molecular weight is 268 g/mol. The first-order valence-electron chi connectivity index (χ1n) is 6.84. The molecule has 1 saturated carbocycles. The number of nitrogens with one attached hydrogen (secondary N) is 1. The van der Waals surface area contributed by atoms with Crippen LogP contribution in [-0.2, 0) is 0 Å². The van der Waals surface area contributed by atoms with E-state index in [1.807, 2.05) is 30.3 Å². The Morgan fingerprint density at radius 3 is 2.72 bits per heavy atom. The summed E-state index contributed by atoms with van der Waals surface area (Å²) in [6.45, 7) is 2.71. The second kappa shape index (κ2) is 7.65. The normalized spacial score (nSPS) is 23.2. The van der Waals surface area contributed by atoms with Gasteiger partial charge < -0.3 is 10.1 Å². The van der Waals surface area contributed by atoms with E-state index in [9.17, 15) is 0 Å². The fourth-order valence-electron chi connectivity index (χ4n) is 2.63. The lowest BCUT2D eigenvalue weighted by Crippen LogP contribution is -2.29. The quantitative estimate of drug-likeness (QED) is 0.605. The summed E-state index contributed by atoms with van der Waals surface area (Å²) in [6.07, 6.45) is 3.96. The summed E-state index contributed by atoms with van der Waals surface area (Å²) in [4.78, 5) is 0. The van der Waals surface area contributed by atoms with Crippen molar-refractivity contribution < 1.29 is 4.74 Å². The number of rotatable bonds is 7. The van der Waals surface area contributed by atoms with E-state index in [-0.39, 0.29) is 0 Å². The molecule has 1 N–H and O–H groups in total. The molecule has 0 aliphatic heterocycles. The monoisotopic (exact) mass is 267 g/mol. The van der Waals surface area contributed by atoms with Gasteiger partial charge in [0.2, 0.25) is 0 Å². The summed E-state index contributed by atoms with van der Waals surface area (Å²) in [5.74, 6) is 3.24. The fraction of sp³-hybridized carbons (Fsp3) is 0.600. The first-order valence-corrected chi connectivity index (χ1v) is 7.38.